The van der Waals surface area contributed by atoms with Crippen LogP contribution in [-0.2, 0) is 16.0 Å². The molecule has 6 heteroatoms. The van der Waals surface area contributed by atoms with Crippen molar-refractivity contribution in [3.63, 3.8) is 0 Å². The number of aromatic nitrogens is 1. The van der Waals surface area contributed by atoms with Crippen LogP contribution in [0.3, 0.4) is 0 Å². The Labute approximate surface area is 132 Å². The van der Waals surface area contributed by atoms with Crippen molar-refractivity contribution < 1.29 is 9.47 Å². The first-order valence-corrected chi connectivity index (χ1v) is 8.20. The summed E-state index contributed by atoms with van der Waals surface area (Å²) in [6, 6.07) is 0. The summed E-state index contributed by atoms with van der Waals surface area (Å²) < 4.78 is 10.3. The molecule has 5 nitrogen and oxygen atoms in total. The number of ether oxygens (including phenoxy) is 2. The highest BCUT2D eigenvalue weighted by molar-refractivity contribution is 7.15. The molecule has 0 amide bonds. The van der Waals surface area contributed by atoms with Crippen LogP contribution in [0.4, 0.5) is 5.13 Å². The number of thiazole rings is 1. The molecule has 1 N–H and O–H groups in total. The first-order chi connectivity index (χ1) is 9.96. The third-order valence-corrected chi connectivity index (χ3v) is 4.00. The van der Waals surface area contributed by atoms with Crippen molar-refractivity contribution in [2.45, 2.75) is 39.3 Å². The van der Waals surface area contributed by atoms with E-state index in [4.69, 9.17) is 9.47 Å². The molecule has 0 radical (unpaired) electrons. The highest BCUT2D eigenvalue weighted by atomic mass is 32.1. The van der Waals surface area contributed by atoms with E-state index in [2.05, 4.69) is 36.0 Å². The van der Waals surface area contributed by atoms with Crippen molar-refractivity contribution in [3.05, 3.63) is 11.1 Å². The lowest BCUT2D eigenvalue weighted by Gasteiger charge is -2.21. The van der Waals surface area contributed by atoms with Crippen molar-refractivity contribution in [2.24, 2.45) is 0 Å². The lowest BCUT2D eigenvalue weighted by atomic mass is 10.1. The highest BCUT2D eigenvalue weighted by Gasteiger charge is 2.13. The summed E-state index contributed by atoms with van der Waals surface area (Å²) in [6.45, 7) is 10.7. The van der Waals surface area contributed by atoms with E-state index in [1.807, 2.05) is 6.20 Å². The summed E-state index contributed by atoms with van der Waals surface area (Å²) in [4.78, 5) is 8.09. The maximum Gasteiger partial charge on any atom is 0.185 e. The van der Waals surface area contributed by atoms with E-state index in [0.717, 1.165) is 37.8 Å². The average molecular weight is 315 g/mol. The van der Waals surface area contributed by atoms with Crippen LogP contribution in [0, 0.1) is 0 Å². The van der Waals surface area contributed by atoms with E-state index in [9.17, 15) is 0 Å². The van der Waals surface area contributed by atoms with Gasteiger partial charge >= 0.3 is 0 Å². The van der Waals surface area contributed by atoms with Gasteiger partial charge in [0.05, 0.1) is 6.61 Å². The van der Waals surface area contributed by atoms with Crippen LogP contribution in [-0.4, -0.2) is 51.0 Å². The van der Waals surface area contributed by atoms with Crippen LogP contribution in [0.1, 0.15) is 32.1 Å². The summed E-state index contributed by atoms with van der Waals surface area (Å²) in [7, 11) is 3.47. The normalized spacial score (nSPS) is 11.9. The predicted molar refractivity (Wildman–Crippen MR) is 89.3 cm³/mol. The fourth-order valence-electron chi connectivity index (χ4n) is 1.78. The SMILES string of the molecule is COCCCN(CCOC)c1ncc(CNC(C)(C)C)s1. The smallest absolute Gasteiger partial charge is 0.185 e. The summed E-state index contributed by atoms with van der Waals surface area (Å²) >= 11 is 1.75. The third-order valence-electron chi connectivity index (χ3n) is 2.95. The molecular formula is C15H29N3O2S. The average Bonchev–Trinajstić information content (AvgIpc) is 2.88. The van der Waals surface area contributed by atoms with Gasteiger partial charge in [-0.05, 0) is 27.2 Å². The van der Waals surface area contributed by atoms with E-state index in [1.165, 1.54) is 4.88 Å². The number of nitrogens with zero attached hydrogens (tertiary/aromatic N) is 2. The maximum absolute atomic E-state index is 5.19. The number of hydrogen-bond acceptors (Lipinski definition) is 6. The molecule has 1 aromatic rings. The molecule has 0 aliphatic rings. The Hall–Kier alpha value is -0.690. The van der Waals surface area contributed by atoms with Crippen LogP contribution in [0.2, 0.25) is 0 Å². The van der Waals surface area contributed by atoms with E-state index < -0.39 is 0 Å². The minimum atomic E-state index is 0.123. The van der Waals surface area contributed by atoms with Crippen LogP contribution in [0.15, 0.2) is 6.20 Å². The lowest BCUT2D eigenvalue weighted by molar-refractivity contribution is 0.191. The van der Waals surface area contributed by atoms with Gasteiger partial charge in [0.1, 0.15) is 0 Å². The molecule has 0 unspecified atom stereocenters. The summed E-state index contributed by atoms with van der Waals surface area (Å²) in [6.07, 6.45) is 2.96. The van der Waals surface area contributed by atoms with Gasteiger partial charge in [-0.1, -0.05) is 0 Å². The molecule has 0 spiro atoms. The molecule has 1 aromatic heterocycles. The molecular weight excluding hydrogens is 286 g/mol. The summed E-state index contributed by atoms with van der Waals surface area (Å²) in [5.74, 6) is 0. The Balaban J connectivity index is 2.58. The Morgan fingerprint density at radius 2 is 1.90 bits per heavy atom. The second-order valence-corrected chi connectivity index (χ2v) is 7.13. The van der Waals surface area contributed by atoms with E-state index >= 15 is 0 Å². The molecule has 0 aromatic carbocycles. The van der Waals surface area contributed by atoms with Gasteiger partial charge in [-0.15, -0.1) is 11.3 Å². The topological polar surface area (TPSA) is 46.6 Å². The van der Waals surface area contributed by atoms with Crippen LogP contribution < -0.4 is 10.2 Å². The monoisotopic (exact) mass is 315 g/mol. The number of hydrogen-bond donors (Lipinski definition) is 1. The molecule has 1 heterocycles. The standard InChI is InChI=1S/C15H29N3O2S/c1-15(2,3)17-12-13-11-16-14(21-13)18(8-10-20-5)7-6-9-19-4/h11,17H,6-10,12H2,1-5H3. The molecule has 0 aliphatic carbocycles. The van der Waals surface area contributed by atoms with Crippen LogP contribution >= 0.6 is 11.3 Å². The number of rotatable bonds is 10. The molecule has 21 heavy (non-hydrogen) atoms. The first-order valence-electron chi connectivity index (χ1n) is 7.39. The van der Waals surface area contributed by atoms with Gasteiger partial charge in [0, 0.05) is 57.1 Å². The quantitative estimate of drug-likeness (QED) is 0.672. The van der Waals surface area contributed by atoms with Gasteiger partial charge < -0.3 is 19.7 Å². The Bertz CT molecular complexity index is 391. The van der Waals surface area contributed by atoms with Crippen molar-refractivity contribution in [1.82, 2.24) is 10.3 Å². The zero-order chi connectivity index (χ0) is 15.7. The summed E-state index contributed by atoms with van der Waals surface area (Å²) in [5.41, 5.74) is 0.123. The molecule has 0 bridgehead atoms. The zero-order valence-corrected chi connectivity index (χ0v) is 14.8. The van der Waals surface area contributed by atoms with Gasteiger partial charge in [-0.3, -0.25) is 0 Å². The minimum Gasteiger partial charge on any atom is -0.385 e. The van der Waals surface area contributed by atoms with E-state index in [1.54, 1.807) is 25.6 Å². The fraction of sp³-hybridized carbons (Fsp3) is 0.800. The van der Waals surface area contributed by atoms with Gasteiger partial charge in [-0.25, -0.2) is 4.98 Å². The van der Waals surface area contributed by atoms with Crippen molar-refractivity contribution >= 4 is 16.5 Å². The molecule has 0 saturated heterocycles. The van der Waals surface area contributed by atoms with Crippen molar-refractivity contribution in [2.75, 3.05) is 45.4 Å². The predicted octanol–water partition coefficient (Wildman–Crippen LogP) is 2.52. The third kappa shape index (κ3) is 7.76. The molecule has 0 fully saturated rings. The van der Waals surface area contributed by atoms with Gasteiger partial charge in [0.25, 0.3) is 0 Å². The molecule has 0 atom stereocenters. The zero-order valence-electron chi connectivity index (χ0n) is 13.9. The van der Waals surface area contributed by atoms with E-state index in [0.29, 0.717) is 6.61 Å². The van der Waals surface area contributed by atoms with Gasteiger partial charge in [0.2, 0.25) is 0 Å². The Kier molecular flexibility index (Phi) is 8.18. The summed E-state index contributed by atoms with van der Waals surface area (Å²) in [5, 5.41) is 4.56. The molecule has 0 aliphatic heterocycles. The second-order valence-electron chi connectivity index (χ2n) is 6.04. The largest absolute Gasteiger partial charge is 0.385 e. The molecule has 122 valence electrons. The van der Waals surface area contributed by atoms with E-state index in [-0.39, 0.29) is 5.54 Å². The minimum absolute atomic E-state index is 0.123. The van der Waals surface area contributed by atoms with Crippen LogP contribution in [0.25, 0.3) is 0 Å². The number of methoxy groups -OCH3 is 2. The van der Waals surface area contributed by atoms with Crippen molar-refractivity contribution in [3.8, 4) is 0 Å². The van der Waals surface area contributed by atoms with Gasteiger partial charge in [0.15, 0.2) is 5.13 Å². The molecule has 1 rings (SSSR count). The van der Waals surface area contributed by atoms with Gasteiger partial charge in [-0.2, -0.15) is 0 Å². The first kappa shape index (κ1) is 18.4. The van der Waals surface area contributed by atoms with Crippen molar-refractivity contribution in [1.29, 1.82) is 0 Å². The fourth-order valence-corrected chi connectivity index (χ4v) is 2.68. The lowest BCUT2D eigenvalue weighted by Crippen LogP contribution is -2.34. The number of nitrogens with one attached hydrogen (secondary N) is 1. The second kappa shape index (κ2) is 9.35. The maximum atomic E-state index is 5.19. The highest BCUT2D eigenvalue weighted by Crippen LogP contribution is 2.23. The molecule has 0 saturated carbocycles. The number of anilines is 1. The Morgan fingerprint density at radius 3 is 2.52 bits per heavy atom. The Morgan fingerprint density at radius 1 is 1.19 bits per heavy atom. The van der Waals surface area contributed by atoms with Crippen LogP contribution in [0.5, 0.6) is 0 Å².